The van der Waals surface area contributed by atoms with Crippen LogP contribution in [0.4, 0.5) is 0 Å². The number of nitrogens with zero attached hydrogens (tertiary/aromatic N) is 2. The number of rotatable bonds is 0. The summed E-state index contributed by atoms with van der Waals surface area (Å²) >= 11 is 0. The Labute approximate surface area is 201 Å². The van der Waals surface area contributed by atoms with Gasteiger partial charge in [0.25, 0.3) is 0 Å². The summed E-state index contributed by atoms with van der Waals surface area (Å²) in [7, 11) is 0. The van der Waals surface area contributed by atoms with Crippen molar-refractivity contribution in [2.45, 2.75) is 76.4 Å². The first-order chi connectivity index (χ1) is 16.3. The minimum Gasteiger partial charge on any atom is -0.391 e. The molecule has 6 aliphatic rings. The van der Waals surface area contributed by atoms with Crippen LogP contribution in [0.15, 0.2) is 60.3 Å². The molecular weight excluding hydrogens is 404 g/mol. The Kier molecular flexibility index (Phi) is 7.69. The third kappa shape index (κ3) is 5.01. The lowest BCUT2D eigenvalue weighted by Gasteiger charge is -2.65. The second-order valence-electron chi connectivity index (χ2n) is 11.1. The number of hydrogen-bond acceptors (Lipinski definition) is 3. The van der Waals surface area contributed by atoms with E-state index in [-0.39, 0.29) is 11.5 Å². The largest absolute Gasteiger partial charge is 0.391 e. The first kappa shape index (κ1) is 23.3. The molecule has 180 valence electrons. The number of allylic oxidation sites excluding steroid dienone is 7. The Morgan fingerprint density at radius 3 is 2.42 bits per heavy atom. The molecule has 0 aromatic carbocycles. The average Bonchev–Trinajstić information content (AvgIpc) is 2.83. The van der Waals surface area contributed by atoms with Crippen LogP contribution in [0.5, 0.6) is 0 Å². The predicted molar refractivity (Wildman–Crippen MR) is 138 cm³/mol. The van der Waals surface area contributed by atoms with Gasteiger partial charge >= 0.3 is 0 Å². The summed E-state index contributed by atoms with van der Waals surface area (Å²) in [5.41, 5.74) is 1.87. The maximum Gasteiger partial charge on any atom is 0.0707 e. The Morgan fingerprint density at radius 2 is 1.55 bits per heavy atom. The molecule has 1 N–H and O–H groups in total. The molecule has 0 saturated carbocycles. The molecule has 2 fully saturated rings. The molecule has 7 atom stereocenters. The topological polar surface area (TPSA) is 26.7 Å². The van der Waals surface area contributed by atoms with Crippen LogP contribution < -0.4 is 0 Å². The van der Waals surface area contributed by atoms with E-state index in [1.165, 1.54) is 38.6 Å². The smallest absolute Gasteiger partial charge is 0.0707 e. The van der Waals surface area contributed by atoms with Crippen LogP contribution in [0.3, 0.4) is 0 Å². The zero-order chi connectivity index (χ0) is 22.5. The molecule has 3 nitrogen and oxygen atoms in total. The van der Waals surface area contributed by atoms with Crippen LogP contribution in [0, 0.1) is 17.3 Å². The summed E-state index contributed by atoms with van der Waals surface area (Å²) in [6.45, 7) is 5.46. The lowest BCUT2D eigenvalue weighted by atomic mass is 9.51. The zero-order valence-electron chi connectivity index (χ0n) is 20.5. The van der Waals surface area contributed by atoms with Crippen molar-refractivity contribution in [1.82, 2.24) is 9.80 Å². The third-order valence-corrected chi connectivity index (χ3v) is 8.90. The molecular formula is C30H44N2O. The number of aliphatic hydroxyl groups is 1. The van der Waals surface area contributed by atoms with Crippen molar-refractivity contribution in [3.05, 3.63) is 60.3 Å². The SMILES string of the molecule is O[C@@H]1CN2CC/C=C\C/C=C\C/C=C\CCC3=C[C@@H]4CN5CCCC/C=C\CC[C@@](C2)([C@H]14)[C@@H]35. The van der Waals surface area contributed by atoms with Crippen LogP contribution in [-0.4, -0.2) is 59.8 Å². The van der Waals surface area contributed by atoms with E-state index < -0.39 is 0 Å². The highest BCUT2D eigenvalue weighted by atomic mass is 16.3. The van der Waals surface area contributed by atoms with E-state index in [2.05, 4.69) is 64.5 Å². The quantitative estimate of drug-likeness (QED) is 0.485. The monoisotopic (exact) mass is 448 g/mol. The highest BCUT2D eigenvalue weighted by molar-refractivity contribution is 5.31. The van der Waals surface area contributed by atoms with E-state index in [1.54, 1.807) is 5.57 Å². The van der Waals surface area contributed by atoms with Gasteiger partial charge in [-0.3, -0.25) is 9.80 Å². The van der Waals surface area contributed by atoms with Gasteiger partial charge < -0.3 is 5.11 Å². The second kappa shape index (κ2) is 10.9. The first-order valence-electron chi connectivity index (χ1n) is 13.7. The van der Waals surface area contributed by atoms with Gasteiger partial charge in [-0.1, -0.05) is 60.3 Å². The van der Waals surface area contributed by atoms with E-state index in [4.69, 9.17) is 0 Å². The summed E-state index contributed by atoms with van der Waals surface area (Å²) in [6.07, 6.45) is 33.0. The predicted octanol–water partition coefficient (Wildman–Crippen LogP) is 5.66. The molecule has 2 saturated heterocycles. The van der Waals surface area contributed by atoms with Crippen molar-refractivity contribution < 1.29 is 5.11 Å². The fourth-order valence-corrected chi connectivity index (χ4v) is 7.75. The minimum atomic E-state index is -0.200. The molecule has 0 amide bonds. The van der Waals surface area contributed by atoms with Gasteiger partial charge in [-0.05, 0) is 76.7 Å². The molecule has 5 aliphatic heterocycles. The van der Waals surface area contributed by atoms with E-state index >= 15 is 0 Å². The zero-order valence-corrected chi connectivity index (χ0v) is 20.5. The van der Waals surface area contributed by atoms with Crippen molar-refractivity contribution in [2.75, 3.05) is 32.7 Å². The fourth-order valence-electron chi connectivity index (χ4n) is 7.75. The molecule has 6 rings (SSSR count). The Balaban J connectivity index is 1.51. The van der Waals surface area contributed by atoms with E-state index in [9.17, 15) is 5.11 Å². The summed E-state index contributed by atoms with van der Waals surface area (Å²) < 4.78 is 0. The molecule has 0 radical (unpaired) electrons. The summed E-state index contributed by atoms with van der Waals surface area (Å²) in [5, 5.41) is 11.6. The molecule has 6 bridgehead atoms. The average molecular weight is 449 g/mol. The van der Waals surface area contributed by atoms with Crippen LogP contribution in [0.1, 0.15) is 64.2 Å². The maximum absolute atomic E-state index is 11.6. The van der Waals surface area contributed by atoms with Gasteiger partial charge in [-0.15, -0.1) is 0 Å². The summed E-state index contributed by atoms with van der Waals surface area (Å²) in [6, 6.07) is 0.510. The number of aliphatic hydroxyl groups excluding tert-OH is 1. The second-order valence-corrected chi connectivity index (χ2v) is 11.1. The number of piperidine rings is 2. The fraction of sp³-hybridized carbons (Fsp3) is 0.667. The van der Waals surface area contributed by atoms with Crippen LogP contribution >= 0.6 is 0 Å². The number of fused-ring (bicyclic) bond motifs is 1. The van der Waals surface area contributed by atoms with Gasteiger partial charge in [0.15, 0.2) is 0 Å². The molecule has 0 aromatic heterocycles. The maximum atomic E-state index is 11.6. The van der Waals surface area contributed by atoms with Gasteiger partial charge in [0.2, 0.25) is 0 Å². The lowest BCUT2D eigenvalue weighted by molar-refractivity contribution is -0.159. The minimum absolute atomic E-state index is 0.183. The van der Waals surface area contributed by atoms with Crippen LogP contribution in [0.2, 0.25) is 0 Å². The summed E-state index contributed by atoms with van der Waals surface area (Å²) in [4.78, 5) is 5.47. The van der Waals surface area contributed by atoms with Gasteiger partial charge in [0.05, 0.1) is 6.10 Å². The first-order valence-corrected chi connectivity index (χ1v) is 13.7. The van der Waals surface area contributed by atoms with Crippen LogP contribution in [0.25, 0.3) is 0 Å². The van der Waals surface area contributed by atoms with Crippen molar-refractivity contribution in [3.63, 3.8) is 0 Å². The highest BCUT2D eigenvalue weighted by Gasteiger charge is 2.61. The highest BCUT2D eigenvalue weighted by Crippen LogP contribution is 2.57. The Morgan fingerprint density at radius 1 is 0.788 bits per heavy atom. The van der Waals surface area contributed by atoms with Crippen molar-refractivity contribution in [2.24, 2.45) is 17.3 Å². The van der Waals surface area contributed by atoms with Gasteiger partial charge in [0.1, 0.15) is 0 Å². The molecule has 1 spiro atoms. The standard InChI is InChI=1S/C30H44N2O/c33-27-23-31-19-15-11-7-4-2-1-3-5-9-13-17-25-21-26-22-32-20-16-12-8-6-10-14-18-30(24-31,28(26)27)29(25)32/h1-2,5-7,9-11,21,26-29,33H,3-4,8,12-20,22-24H2/b2-1-,9-5-,10-6-,11-7-/t26-,27-,28+,29-,30-/m1/s1. The van der Waals surface area contributed by atoms with Crippen molar-refractivity contribution in [1.29, 1.82) is 0 Å². The van der Waals surface area contributed by atoms with Gasteiger partial charge in [-0.2, -0.15) is 0 Å². The molecule has 5 heterocycles. The van der Waals surface area contributed by atoms with Crippen molar-refractivity contribution in [3.8, 4) is 0 Å². The van der Waals surface area contributed by atoms with Gasteiger partial charge in [0, 0.05) is 43.6 Å². The van der Waals surface area contributed by atoms with Crippen LogP contribution in [-0.2, 0) is 0 Å². The van der Waals surface area contributed by atoms with Gasteiger partial charge in [-0.25, -0.2) is 0 Å². The van der Waals surface area contributed by atoms with E-state index in [0.29, 0.717) is 17.9 Å². The summed E-state index contributed by atoms with van der Waals surface area (Å²) in [5.74, 6) is 0.936. The third-order valence-electron chi connectivity index (χ3n) is 8.90. The van der Waals surface area contributed by atoms with Crippen molar-refractivity contribution >= 4 is 0 Å². The normalized spacial score (nSPS) is 45.8. The molecule has 33 heavy (non-hydrogen) atoms. The molecule has 0 aromatic rings. The Bertz CT molecular complexity index is 808. The molecule has 1 aliphatic carbocycles. The molecule has 2 unspecified atom stereocenters. The lowest BCUT2D eigenvalue weighted by Crippen LogP contribution is -2.72. The Hall–Kier alpha value is -1.42. The molecule has 3 heteroatoms. The number of hydrogen-bond donors (Lipinski definition) is 1. The van der Waals surface area contributed by atoms with E-state index in [0.717, 1.165) is 58.3 Å². The van der Waals surface area contributed by atoms with E-state index in [1.807, 2.05) is 0 Å².